The predicted molar refractivity (Wildman–Crippen MR) is 75.2 cm³/mol. The molecule has 0 aromatic heterocycles. The Morgan fingerprint density at radius 1 is 1.47 bits per heavy atom. The molecule has 2 rings (SSSR count). The summed E-state index contributed by atoms with van der Waals surface area (Å²) in [5.74, 6) is 0.985. The molecular weight excluding hydrogens is 240 g/mol. The Morgan fingerprint density at radius 2 is 2.21 bits per heavy atom. The smallest absolute Gasteiger partial charge is 0.236 e. The molecule has 0 radical (unpaired) electrons. The van der Waals surface area contributed by atoms with E-state index in [1.54, 1.807) is 7.05 Å². The molecule has 104 valence electrons. The predicted octanol–water partition coefficient (Wildman–Crippen LogP) is 1.62. The second-order valence-electron chi connectivity index (χ2n) is 5.70. The second-order valence-corrected chi connectivity index (χ2v) is 5.70. The zero-order valence-corrected chi connectivity index (χ0v) is 12.0. The average Bonchev–Trinajstić information content (AvgIpc) is 2.67. The number of nitrogens with one attached hydrogen (secondary N) is 2. The van der Waals surface area contributed by atoms with Crippen LogP contribution in [-0.2, 0) is 17.8 Å². The second kappa shape index (κ2) is 5.21. The van der Waals surface area contributed by atoms with Crippen LogP contribution >= 0.6 is 0 Å². The van der Waals surface area contributed by atoms with Crippen molar-refractivity contribution in [2.45, 2.75) is 45.4 Å². The van der Waals surface area contributed by atoms with Crippen LogP contribution in [0.15, 0.2) is 18.2 Å². The molecular formula is C15H22N2O2. The van der Waals surface area contributed by atoms with Gasteiger partial charge in [0.05, 0.1) is 6.04 Å². The minimum Gasteiger partial charge on any atom is -0.487 e. The number of hydrogen-bond donors (Lipinski definition) is 2. The van der Waals surface area contributed by atoms with E-state index in [4.69, 9.17) is 4.74 Å². The van der Waals surface area contributed by atoms with Gasteiger partial charge >= 0.3 is 0 Å². The first-order valence-corrected chi connectivity index (χ1v) is 6.67. The topological polar surface area (TPSA) is 50.4 Å². The van der Waals surface area contributed by atoms with Crippen molar-refractivity contribution in [1.82, 2.24) is 10.6 Å². The summed E-state index contributed by atoms with van der Waals surface area (Å²) in [6.45, 7) is 6.73. The van der Waals surface area contributed by atoms with Crippen LogP contribution in [-0.4, -0.2) is 24.6 Å². The van der Waals surface area contributed by atoms with Gasteiger partial charge in [-0.2, -0.15) is 0 Å². The van der Waals surface area contributed by atoms with E-state index in [0.29, 0.717) is 6.54 Å². The first kappa shape index (κ1) is 13.9. The number of rotatable bonds is 4. The summed E-state index contributed by atoms with van der Waals surface area (Å²) in [6, 6.07) is 6.04. The molecule has 0 spiro atoms. The lowest BCUT2D eigenvalue weighted by molar-refractivity contribution is -0.122. The van der Waals surface area contributed by atoms with E-state index in [1.165, 1.54) is 11.1 Å². The van der Waals surface area contributed by atoms with Crippen LogP contribution in [0.25, 0.3) is 0 Å². The zero-order valence-electron chi connectivity index (χ0n) is 12.0. The van der Waals surface area contributed by atoms with Crippen LogP contribution in [0.1, 0.15) is 31.9 Å². The van der Waals surface area contributed by atoms with Crippen molar-refractivity contribution >= 4 is 5.91 Å². The summed E-state index contributed by atoms with van der Waals surface area (Å²) in [7, 11) is 1.65. The number of fused-ring (bicyclic) bond motifs is 1. The van der Waals surface area contributed by atoms with Crippen LogP contribution in [0.3, 0.4) is 0 Å². The summed E-state index contributed by atoms with van der Waals surface area (Å²) < 4.78 is 5.85. The third-order valence-electron chi connectivity index (χ3n) is 3.38. The summed E-state index contributed by atoms with van der Waals surface area (Å²) in [5, 5.41) is 5.84. The molecule has 0 fully saturated rings. The Hall–Kier alpha value is -1.55. The molecule has 0 bridgehead atoms. The number of carbonyl (C=O) groups excluding carboxylic acids is 1. The van der Waals surface area contributed by atoms with Crippen molar-refractivity contribution < 1.29 is 9.53 Å². The van der Waals surface area contributed by atoms with E-state index in [1.807, 2.05) is 19.1 Å². The fourth-order valence-corrected chi connectivity index (χ4v) is 2.35. The molecule has 1 atom stereocenters. The highest BCUT2D eigenvalue weighted by atomic mass is 16.5. The average molecular weight is 262 g/mol. The molecule has 1 aliphatic heterocycles. The van der Waals surface area contributed by atoms with E-state index in [-0.39, 0.29) is 17.6 Å². The van der Waals surface area contributed by atoms with Crippen molar-refractivity contribution in [3.8, 4) is 5.75 Å². The van der Waals surface area contributed by atoms with Crippen molar-refractivity contribution in [3.63, 3.8) is 0 Å². The maximum Gasteiger partial charge on any atom is 0.236 e. The largest absolute Gasteiger partial charge is 0.487 e. The fraction of sp³-hybridized carbons (Fsp3) is 0.533. The Bertz CT molecular complexity index is 483. The van der Waals surface area contributed by atoms with Gasteiger partial charge in [0.15, 0.2) is 0 Å². The van der Waals surface area contributed by atoms with Crippen LogP contribution in [0, 0.1) is 0 Å². The first-order chi connectivity index (χ1) is 8.91. The van der Waals surface area contributed by atoms with Crippen LogP contribution in [0.5, 0.6) is 5.75 Å². The van der Waals surface area contributed by atoms with Gasteiger partial charge in [-0.1, -0.05) is 12.1 Å². The van der Waals surface area contributed by atoms with Gasteiger partial charge in [-0.3, -0.25) is 4.79 Å². The summed E-state index contributed by atoms with van der Waals surface area (Å²) in [5.41, 5.74) is 2.32. The van der Waals surface area contributed by atoms with Gasteiger partial charge in [0.2, 0.25) is 5.91 Å². The van der Waals surface area contributed by atoms with Crippen LogP contribution < -0.4 is 15.4 Å². The molecule has 1 amide bonds. The number of amides is 1. The van der Waals surface area contributed by atoms with Gasteiger partial charge in [0, 0.05) is 20.0 Å². The normalized spacial score (nSPS) is 17.5. The maximum atomic E-state index is 11.4. The van der Waals surface area contributed by atoms with Crippen LogP contribution in [0.2, 0.25) is 0 Å². The summed E-state index contributed by atoms with van der Waals surface area (Å²) in [4.78, 5) is 11.4. The summed E-state index contributed by atoms with van der Waals surface area (Å²) >= 11 is 0. The van der Waals surface area contributed by atoms with E-state index in [9.17, 15) is 4.79 Å². The fourth-order valence-electron chi connectivity index (χ4n) is 2.35. The molecule has 1 heterocycles. The molecule has 1 aliphatic rings. The van der Waals surface area contributed by atoms with Crippen molar-refractivity contribution in [2.24, 2.45) is 0 Å². The third-order valence-corrected chi connectivity index (χ3v) is 3.38. The maximum absolute atomic E-state index is 11.4. The zero-order chi connectivity index (χ0) is 14.0. The lowest BCUT2D eigenvalue weighted by Gasteiger charge is -2.16. The van der Waals surface area contributed by atoms with E-state index in [2.05, 4.69) is 30.5 Å². The number of likely N-dealkylation sites (N-methyl/N-ethyl adjacent to an activating group) is 1. The SMILES string of the molecule is CNC(=O)C(C)NCc1ccc2c(c1)CC(C)(C)O2. The number of carbonyl (C=O) groups is 1. The lowest BCUT2D eigenvalue weighted by atomic mass is 10.0. The van der Waals surface area contributed by atoms with E-state index >= 15 is 0 Å². The first-order valence-electron chi connectivity index (χ1n) is 6.67. The molecule has 1 aromatic rings. The molecule has 4 heteroatoms. The number of hydrogen-bond acceptors (Lipinski definition) is 3. The standard InChI is InChI=1S/C15H22N2O2/c1-10(14(18)16-4)17-9-11-5-6-13-12(7-11)8-15(2,3)19-13/h5-7,10,17H,8-9H2,1-4H3,(H,16,18). The Kier molecular flexibility index (Phi) is 3.80. The Balaban J connectivity index is 1.99. The van der Waals surface area contributed by atoms with Gasteiger partial charge < -0.3 is 15.4 Å². The number of benzene rings is 1. The van der Waals surface area contributed by atoms with Crippen molar-refractivity contribution in [2.75, 3.05) is 7.05 Å². The van der Waals surface area contributed by atoms with Gasteiger partial charge in [0.25, 0.3) is 0 Å². The van der Waals surface area contributed by atoms with Crippen LogP contribution in [0.4, 0.5) is 0 Å². The quantitative estimate of drug-likeness (QED) is 0.867. The molecule has 0 aliphatic carbocycles. The molecule has 4 nitrogen and oxygen atoms in total. The minimum atomic E-state index is -0.189. The van der Waals surface area contributed by atoms with Gasteiger partial charge in [-0.25, -0.2) is 0 Å². The molecule has 0 saturated heterocycles. The highest BCUT2D eigenvalue weighted by Crippen LogP contribution is 2.35. The van der Waals surface area contributed by atoms with E-state index in [0.717, 1.165) is 12.2 Å². The Labute approximate surface area is 114 Å². The number of ether oxygens (including phenoxy) is 1. The molecule has 19 heavy (non-hydrogen) atoms. The lowest BCUT2D eigenvalue weighted by Crippen LogP contribution is -2.40. The molecule has 2 N–H and O–H groups in total. The minimum absolute atomic E-state index is 0.00521. The van der Waals surface area contributed by atoms with Crippen molar-refractivity contribution in [3.05, 3.63) is 29.3 Å². The van der Waals surface area contributed by atoms with Gasteiger partial charge in [-0.05, 0) is 38.0 Å². The monoisotopic (exact) mass is 262 g/mol. The molecule has 0 saturated carbocycles. The van der Waals surface area contributed by atoms with Crippen molar-refractivity contribution in [1.29, 1.82) is 0 Å². The highest BCUT2D eigenvalue weighted by molar-refractivity contribution is 5.80. The summed E-state index contributed by atoms with van der Waals surface area (Å²) in [6.07, 6.45) is 0.932. The molecule has 1 unspecified atom stereocenters. The van der Waals surface area contributed by atoms with Gasteiger partial charge in [-0.15, -0.1) is 0 Å². The Morgan fingerprint density at radius 3 is 2.89 bits per heavy atom. The third kappa shape index (κ3) is 3.26. The molecule has 1 aromatic carbocycles. The highest BCUT2D eigenvalue weighted by Gasteiger charge is 2.29. The van der Waals surface area contributed by atoms with E-state index < -0.39 is 0 Å². The van der Waals surface area contributed by atoms with Gasteiger partial charge in [0.1, 0.15) is 11.4 Å².